The van der Waals surface area contributed by atoms with E-state index in [0.717, 1.165) is 17.7 Å². The van der Waals surface area contributed by atoms with Crippen molar-refractivity contribution in [2.45, 2.75) is 26.2 Å². The van der Waals surface area contributed by atoms with Gasteiger partial charge in [0, 0.05) is 18.1 Å². The van der Waals surface area contributed by atoms with Gasteiger partial charge in [-0.2, -0.15) is 0 Å². The van der Waals surface area contributed by atoms with E-state index in [1.165, 1.54) is 0 Å². The molecule has 1 aromatic heterocycles. The Kier molecular flexibility index (Phi) is 2.47. The van der Waals surface area contributed by atoms with Gasteiger partial charge in [-0.15, -0.1) is 0 Å². The molecule has 60 valence electrons. The molecule has 0 amide bonds. The fraction of sp³-hybridized carbons (Fsp3) is 0.444. The third-order valence-corrected chi connectivity index (χ3v) is 2.03. The van der Waals surface area contributed by atoms with Gasteiger partial charge in [-0.05, 0) is 24.0 Å². The van der Waals surface area contributed by atoms with Gasteiger partial charge in [0.1, 0.15) is 0 Å². The second-order valence-electron chi connectivity index (χ2n) is 2.81. The van der Waals surface area contributed by atoms with Crippen LogP contribution in [0.15, 0.2) is 18.5 Å². The lowest BCUT2D eigenvalue weighted by molar-refractivity contribution is 0.732. The minimum Gasteiger partial charge on any atom is -0.398 e. The van der Waals surface area contributed by atoms with Gasteiger partial charge in [0.15, 0.2) is 0 Å². The standard InChI is InChI=1S/C9H14N2/c1-3-7(2)8-6-11-5-4-9(8)10/h4-7H,3H2,1-2H3,(H2,10,11). The van der Waals surface area contributed by atoms with E-state index in [4.69, 9.17) is 5.73 Å². The molecular formula is C9H14N2. The average molecular weight is 150 g/mol. The summed E-state index contributed by atoms with van der Waals surface area (Å²) in [6, 6.07) is 1.85. The Labute approximate surface area is 67.5 Å². The number of rotatable bonds is 2. The molecule has 1 aromatic rings. The van der Waals surface area contributed by atoms with Gasteiger partial charge in [0.25, 0.3) is 0 Å². The molecule has 0 aliphatic carbocycles. The van der Waals surface area contributed by atoms with Crippen LogP contribution in [-0.4, -0.2) is 4.98 Å². The Hall–Kier alpha value is -1.05. The first-order chi connectivity index (χ1) is 5.25. The Morgan fingerprint density at radius 3 is 2.91 bits per heavy atom. The summed E-state index contributed by atoms with van der Waals surface area (Å²) in [5, 5.41) is 0. The molecule has 0 radical (unpaired) electrons. The van der Waals surface area contributed by atoms with E-state index < -0.39 is 0 Å². The summed E-state index contributed by atoms with van der Waals surface area (Å²) in [6.07, 6.45) is 4.68. The number of anilines is 1. The number of hydrogen-bond acceptors (Lipinski definition) is 2. The zero-order chi connectivity index (χ0) is 8.27. The highest BCUT2D eigenvalue weighted by Crippen LogP contribution is 2.22. The Morgan fingerprint density at radius 1 is 1.64 bits per heavy atom. The Morgan fingerprint density at radius 2 is 2.36 bits per heavy atom. The molecule has 11 heavy (non-hydrogen) atoms. The molecule has 0 aliphatic heterocycles. The van der Waals surface area contributed by atoms with Crippen LogP contribution in [-0.2, 0) is 0 Å². The molecule has 1 atom stereocenters. The zero-order valence-electron chi connectivity index (χ0n) is 7.04. The van der Waals surface area contributed by atoms with Gasteiger partial charge in [0.2, 0.25) is 0 Å². The van der Waals surface area contributed by atoms with Gasteiger partial charge in [0.05, 0.1) is 0 Å². The molecular weight excluding hydrogens is 136 g/mol. The van der Waals surface area contributed by atoms with Crippen molar-refractivity contribution >= 4 is 5.69 Å². The maximum absolute atomic E-state index is 5.76. The molecule has 0 spiro atoms. The molecule has 0 bridgehead atoms. The molecule has 0 saturated heterocycles. The van der Waals surface area contributed by atoms with E-state index in [1.807, 2.05) is 12.3 Å². The summed E-state index contributed by atoms with van der Waals surface area (Å²) in [6.45, 7) is 4.31. The van der Waals surface area contributed by atoms with E-state index in [2.05, 4.69) is 18.8 Å². The summed E-state index contributed by atoms with van der Waals surface area (Å²) in [4.78, 5) is 4.03. The maximum atomic E-state index is 5.76. The van der Waals surface area contributed by atoms with Gasteiger partial charge in [-0.1, -0.05) is 13.8 Å². The summed E-state index contributed by atoms with van der Waals surface area (Å²) >= 11 is 0. The van der Waals surface area contributed by atoms with Crippen molar-refractivity contribution < 1.29 is 0 Å². The molecule has 0 aromatic carbocycles. The third-order valence-electron chi connectivity index (χ3n) is 2.03. The van der Waals surface area contributed by atoms with Crippen LogP contribution in [0.2, 0.25) is 0 Å². The van der Waals surface area contributed by atoms with Gasteiger partial charge in [-0.3, -0.25) is 4.98 Å². The average Bonchev–Trinajstić information content (AvgIpc) is 2.04. The van der Waals surface area contributed by atoms with E-state index in [1.54, 1.807) is 6.20 Å². The fourth-order valence-corrected chi connectivity index (χ4v) is 1.05. The van der Waals surface area contributed by atoms with Crippen molar-refractivity contribution in [3.63, 3.8) is 0 Å². The molecule has 1 unspecified atom stereocenters. The lowest BCUT2D eigenvalue weighted by Gasteiger charge is -2.10. The summed E-state index contributed by atoms with van der Waals surface area (Å²) < 4.78 is 0. The van der Waals surface area contributed by atoms with E-state index in [-0.39, 0.29) is 0 Å². The highest BCUT2D eigenvalue weighted by Gasteiger charge is 2.05. The van der Waals surface area contributed by atoms with Crippen LogP contribution < -0.4 is 5.73 Å². The molecule has 0 aliphatic rings. The first kappa shape index (κ1) is 8.05. The number of hydrogen-bond donors (Lipinski definition) is 1. The number of pyridine rings is 1. The second-order valence-corrected chi connectivity index (χ2v) is 2.81. The summed E-state index contributed by atoms with van der Waals surface area (Å²) in [5.41, 5.74) is 7.77. The van der Waals surface area contributed by atoms with Crippen molar-refractivity contribution in [3.8, 4) is 0 Å². The Bertz CT molecular complexity index is 233. The largest absolute Gasteiger partial charge is 0.398 e. The van der Waals surface area contributed by atoms with Gasteiger partial charge in [-0.25, -0.2) is 0 Å². The lowest BCUT2D eigenvalue weighted by Crippen LogP contribution is -1.98. The topological polar surface area (TPSA) is 38.9 Å². The van der Waals surface area contributed by atoms with Crippen molar-refractivity contribution in [1.29, 1.82) is 0 Å². The number of nitrogen functional groups attached to an aromatic ring is 1. The molecule has 2 N–H and O–H groups in total. The minimum atomic E-state index is 0.517. The van der Waals surface area contributed by atoms with Crippen LogP contribution >= 0.6 is 0 Å². The molecule has 0 fully saturated rings. The van der Waals surface area contributed by atoms with Crippen molar-refractivity contribution in [3.05, 3.63) is 24.0 Å². The molecule has 0 saturated carbocycles. The first-order valence-electron chi connectivity index (χ1n) is 3.95. The van der Waals surface area contributed by atoms with Crippen molar-refractivity contribution in [1.82, 2.24) is 4.98 Å². The SMILES string of the molecule is CCC(C)c1cnccc1N. The summed E-state index contributed by atoms with van der Waals surface area (Å²) in [7, 11) is 0. The van der Waals surface area contributed by atoms with Gasteiger partial charge >= 0.3 is 0 Å². The minimum absolute atomic E-state index is 0.517. The van der Waals surface area contributed by atoms with E-state index >= 15 is 0 Å². The Balaban J connectivity index is 2.93. The molecule has 2 nitrogen and oxygen atoms in total. The van der Waals surface area contributed by atoms with Crippen LogP contribution in [0.5, 0.6) is 0 Å². The van der Waals surface area contributed by atoms with Crippen LogP contribution in [0.4, 0.5) is 5.69 Å². The smallest absolute Gasteiger partial charge is 0.0380 e. The van der Waals surface area contributed by atoms with Crippen molar-refractivity contribution in [2.75, 3.05) is 5.73 Å². The molecule has 1 rings (SSSR count). The number of nitrogens with two attached hydrogens (primary N) is 1. The van der Waals surface area contributed by atoms with E-state index in [9.17, 15) is 0 Å². The van der Waals surface area contributed by atoms with Gasteiger partial charge < -0.3 is 5.73 Å². The first-order valence-corrected chi connectivity index (χ1v) is 3.95. The maximum Gasteiger partial charge on any atom is 0.0380 e. The van der Waals surface area contributed by atoms with Crippen LogP contribution in [0, 0.1) is 0 Å². The monoisotopic (exact) mass is 150 g/mol. The highest BCUT2D eigenvalue weighted by atomic mass is 14.7. The highest BCUT2D eigenvalue weighted by molar-refractivity contribution is 5.46. The van der Waals surface area contributed by atoms with Crippen molar-refractivity contribution in [2.24, 2.45) is 0 Å². The van der Waals surface area contributed by atoms with Crippen LogP contribution in [0.25, 0.3) is 0 Å². The lowest BCUT2D eigenvalue weighted by atomic mass is 9.99. The van der Waals surface area contributed by atoms with Crippen LogP contribution in [0.1, 0.15) is 31.7 Å². The van der Waals surface area contributed by atoms with E-state index in [0.29, 0.717) is 5.92 Å². The van der Waals surface area contributed by atoms with Crippen LogP contribution in [0.3, 0.4) is 0 Å². The second kappa shape index (κ2) is 3.37. The summed E-state index contributed by atoms with van der Waals surface area (Å²) in [5.74, 6) is 0.517. The zero-order valence-corrected chi connectivity index (χ0v) is 7.04. The predicted molar refractivity (Wildman–Crippen MR) is 47.4 cm³/mol. The third kappa shape index (κ3) is 1.70. The normalized spacial score (nSPS) is 12.9. The molecule has 1 heterocycles. The fourth-order valence-electron chi connectivity index (χ4n) is 1.05. The predicted octanol–water partition coefficient (Wildman–Crippen LogP) is 2.18. The number of aromatic nitrogens is 1. The quantitative estimate of drug-likeness (QED) is 0.701. The molecule has 2 heteroatoms. The number of nitrogens with zero attached hydrogens (tertiary/aromatic N) is 1.